The van der Waals surface area contributed by atoms with E-state index in [0.717, 1.165) is 11.1 Å². The number of amides is 1. The molecule has 100 valence electrons. The van der Waals surface area contributed by atoms with Gasteiger partial charge in [-0.3, -0.25) is 9.59 Å². The minimum absolute atomic E-state index is 0.110. The predicted molar refractivity (Wildman–Crippen MR) is 79.6 cm³/mol. The molecule has 0 fully saturated rings. The van der Waals surface area contributed by atoms with Crippen LogP contribution in [-0.2, 0) is 4.79 Å². The molecule has 1 N–H and O–H groups in total. The van der Waals surface area contributed by atoms with Crippen LogP contribution in [0, 0.1) is 0 Å². The summed E-state index contributed by atoms with van der Waals surface area (Å²) in [5.74, 6) is -0.292. The summed E-state index contributed by atoms with van der Waals surface area (Å²) in [5, 5.41) is 3.43. The van der Waals surface area contributed by atoms with Crippen molar-refractivity contribution in [3.05, 3.63) is 51.5 Å². The van der Waals surface area contributed by atoms with Crippen molar-refractivity contribution in [2.24, 2.45) is 0 Å². The molecule has 1 aliphatic carbocycles. The number of halogens is 2. The molecule has 0 saturated carbocycles. The highest BCUT2D eigenvalue weighted by molar-refractivity contribution is 6.43. The molecule has 0 aliphatic heterocycles. The largest absolute Gasteiger partial charge is 0.326 e. The minimum Gasteiger partial charge on any atom is -0.326 e. The number of carbonyl (C=O) groups is 2. The molecule has 0 unspecified atom stereocenters. The molecule has 2 aromatic rings. The Balaban J connectivity index is 2.16. The molecule has 0 saturated heterocycles. The Bertz CT molecular complexity index is 769. The third kappa shape index (κ3) is 1.99. The van der Waals surface area contributed by atoms with Crippen LogP contribution >= 0.6 is 23.2 Å². The summed E-state index contributed by atoms with van der Waals surface area (Å²) >= 11 is 12.0. The Morgan fingerprint density at radius 2 is 1.55 bits per heavy atom. The Kier molecular flexibility index (Phi) is 3.04. The second kappa shape index (κ2) is 4.62. The third-order valence-corrected chi connectivity index (χ3v) is 3.90. The molecule has 1 aliphatic rings. The monoisotopic (exact) mass is 305 g/mol. The molecule has 2 aromatic carbocycles. The summed E-state index contributed by atoms with van der Waals surface area (Å²) in [4.78, 5) is 23.4. The third-order valence-electron chi connectivity index (χ3n) is 3.18. The van der Waals surface area contributed by atoms with E-state index in [2.05, 4.69) is 5.32 Å². The van der Waals surface area contributed by atoms with Crippen molar-refractivity contribution in [1.29, 1.82) is 0 Å². The summed E-state index contributed by atoms with van der Waals surface area (Å²) in [5.41, 5.74) is 3.25. The molecular weight excluding hydrogens is 297 g/mol. The fourth-order valence-corrected chi connectivity index (χ4v) is 2.68. The van der Waals surface area contributed by atoms with E-state index in [1.807, 2.05) is 0 Å². The molecule has 0 heterocycles. The number of hydrogen-bond acceptors (Lipinski definition) is 2. The van der Waals surface area contributed by atoms with Gasteiger partial charge in [-0.25, -0.2) is 0 Å². The van der Waals surface area contributed by atoms with Crippen LogP contribution in [0.3, 0.4) is 0 Å². The summed E-state index contributed by atoms with van der Waals surface area (Å²) < 4.78 is 0. The van der Waals surface area contributed by atoms with E-state index in [-0.39, 0.29) is 11.7 Å². The number of nitrogens with one attached hydrogen (secondary N) is 1. The van der Waals surface area contributed by atoms with Crippen molar-refractivity contribution in [1.82, 2.24) is 0 Å². The maximum absolute atomic E-state index is 12.4. The average Bonchev–Trinajstić information content (AvgIpc) is 2.63. The molecular formula is C15H9Cl2NO2. The van der Waals surface area contributed by atoms with Crippen LogP contribution in [-0.4, -0.2) is 11.7 Å². The topological polar surface area (TPSA) is 46.2 Å². The maximum atomic E-state index is 12.4. The fourth-order valence-electron chi connectivity index (χ4n) is 2.35. The lowest BCUT2D eigenvalue weighted by atomic mass is 10.1. The van der Waals surface area contributed by atoms with Gasteiger partial charge in [0.2, 0.25) is 5.91 Å². The first-order valence-corrected chi connectivity index (χ1v) is 6.68. The first-order valence-electron chi connectivity index (χ1n) is 5.93. The van der Waals surface area contributed by atoms with Gasteiger partial charge >= 0.3 is 0 Å². The van der Waals surface area contributed by atoms with Gasteiger partial charge in [0.1, 0.15) is 0 Å². The lowest BCUT2D eigenvalue weighted by Gasteiger charge is -2.05. The Hall–Kier alpha value is -1.84. The van der Waals surface area contributed by atoms with E-state index in [1.165, 1.54) is 6.92 Å². The number of ketones is 1. The number of rotatable bonds is 1. The molecule has 0 spiro atoms. The average molecular weight is 306 g/mol. The number of benzene rings is 2. The van der Waals surface area contributed by atoms with Gasteiger partial charge in [0.05, 0.1) is 10.0 Å². The predicted octanol–water partition coefficient (Wildman–Crippen LogP) is 4.16. The molecule has 3 rings (SSSR count). The second-order valence-corrected chi connectivity index (χ2v) is 5.40. The van der Waals surface area contributed by atoms with Crippen LogP contribution < -0.4 is 5.32 Å². The summed E-state index contributed by atoms with van der Waals surface area (Å²) in [6.45, 7) is 1.42. The highest BCUT2D eigenvalue weighted by Crippen LogP contribution is 2.41. The van der Waals surface area contributed by atoms with Crippen LogP contribution in [0.5, 0.6) is 0 Å². The number of hydrogen-bond donors (Lipinski definition) is 1. The number of fused-ring (bicyclic) bond motifs is 3. The molecule has 3 nitrogen and oxygen atoms in total. The summed E-state index contributed by atoms with van der Waals surface area (Å²) in [7, 11) is 0. The van der Waals surface area contributed by atoms with Crippen LogP contribution in [0.4, 0.5) is 5.69 Å². The van der Waals surface area contributed by atoms with Gasteiger partial charge in [-0.15, -0.1) is 0 Å². The fraction of sp³-hybridized carbons (Fsp3) is 0.0667. The van der Waals surface area contributed by atoms with Gasteiger partial charge < -0.3 is 5.32 Å². The van der Waals surface area contributed by atoms with Gasteiger partial charge in [0.25, 0.3) is 0 Å². The zero-order chi connectivity index (χ0) is 14.4. The maximum Gasteiger partial charge on any atom is 0.221 e. The molecule has 0 bridgehead atoms. The summed E-state index contributed by atoms with van der Waals surface area (Å²) in [6.07, 6.45) is 0. The van der Waals surface area contributed by atoms with Gasteiger partial charge in [0.15, 0.2) is 5.78 Å². The zero-order valence-corrected chi connectivity index (χ0v) is 12.0. The van der Waals surface area contributed by atoms with E-state index in [1.54, 1.807) is 30.3 Å². The molecule has 0 atom stereocenters. The van der Waals surface area contributed by atoms with Gasteiger partial charge in [0, 0.05) is 23.7 Å². The normalized spacial score (nSPS) is 12.1. The smallest absolute Gasteiger partial charge is 0.221 e. The lowest BCUT2D eigenvalue weighted by molar-refractivity contribution is -0.114. The van der Waals surface area contributed by atoms with Crippen LogP contribution in [0.15, 0.2) is 30.3 Å². The van der Waals surface area contributed by atoms with Crippen LogP contribution in [0.2, 0.25) is 10.0 Å². The van der Waals surface area contributed by atoms with Crippen molar-refractivity contribution in [2.75, 3.05) is 5.32 Å². The van der Waals surface area contributed by atoms with Gasteiger partial charge in [-0.2, -0.15) is 0 Å². The van der Waals surface area contributed by atoms with E-state index in [0.29, 0.717) is 26.9 Å². The second-order valence-electron chi connectivity index (χ2n) is 4.58. The van der Waals surface area contributed by atoms with Crippen LogP contribution in [0.25, 0.3) is 11.1 Å². The van der Waals surface area contributed by atoms with Crippen molar-refractivity contribution in [2.45, 2.75) is 6.92 Å². The lowest BCUT2D eigenvalue weighted by Crippen LogP contribution is -2.06. The van der Waals surface area contributed by atoms with Crippen molar-refractivity contribution >= 4 is 40.6 Å². The van der Waals surface area contributed by atoms with Crippen molar-refractivity contribution < 1.29 is 9.59 Å². The van der Waals surface area contributed by atoms with Crippen molar-refractivity contribution in [3.8, 4) is 11.1 Å². The summed E-state index contributed by atoms with van der Waals surface area (Å²) in [6, 6.07) is 8.50. The SMILES string of the molecule is CC(=O)Nc1ccc2c(c1)C(=O)c1cc(Cl)c(Cl)cc1-2. The highest BCUT2D eigenvalue weighted by atomic mass is 35.5. The first kappa shape index (κ1) is 13.2. The van der Waals surface area contributed by atoms with Crippen molar-refractivity contribution in [3.63, 3.8) is 0 Å². The quantitative estimate of drug-likeness (QED) is 0.733. The number of anilines is 1. The van der Waals surface area contributed by atoms with E-state index in [9.17, 15) is 9.59 Å². The highest BCUT2D eigenvalue weighted by Gasteiger charge is 2.28. The van der Waals surface area contributed by atoms with Crippen LogP contribution in [0.1, 0.15) is 22.8 Å². The van der Waals surface area contributed by atoms with Gasteiger partial charge in [-0.1, -0.05) is 29.3 Å². The molecule has 5 heteroatoms. The molecule has 1 amide bonds. The standard InChI is InChI=1S/C15H9Cl2NO2/c1-7(19)18-8-2-3-9-10-5-13(16)14(17)6-12(10)15(20)11(9)4-8/h2-6H,1H3,(H,18,19). The van der Waals surface area contributed by atoms with E-state index < -0.39 is 0 Å². The van der Waals surface area contributed by atoms with E-state index in [4.69, 9.17) is 23.2 Å². The molecule has 0 aromatic heterocycles. The first-order chi connectivity index (χ1) is 9.47. The Morgan fingerprint density at radius 3 is 2.20 bits per heavy atom. The minimum atomic E-state index is -0.181. The van der Waals surface area contributed by atoms with E-state index >= 15 is 0 Å². The number of carbonyl (C=O) groups excluding carboxylic acids is 2. The molecule has 0 radical (unpaired) electrons. The molecule has 20 heavy (non-hydrogen) atoms. The Morgan fingerprint density at radius 1 is 0.950 bits per heavy atom. The zero-order valence-electron chi connectivity index (χ0n) is 10.5. The van der Waals surface area contributed by atoms with Gasteiger partial charge in [-0.05, 0) is 35.4 Å². The Labute approximate surface area is 125 Å².